The van der Waals surface area contributed by atoms with Crippen LogP contribution in [0.3, 0.4) is 0 Å². The first-order chi connectivity index (χ1) is 8.84. The van der Waals surface area contributed by atoms with Gasteiger partial charge in [-0.05, 0) is 24.6 Å². The van der Waals surface area contributed by atoms with E-state index in [1.807, 2.05) is 6.92 Å². The van der Waals surface area contributed by atoms with Crippen LogP contribution in [0.15, 0.2) is 18.2 Å². The van der Waals surface area contributed by atoms with E-state index < -0.39 is 11.7 Å². The van der Waals surface area contributed by atoms with E-state index in [9.17, 15) is 18.0 Å². The lowest BCUT2D eigenvalue weighted by atomic mass is 10.1. The second-order valence-electron chi connectivity index (χ2n) is 4.01. The monoisotopic (exact) mass is 275 g/mol. The van der Waals surface area contributed by atoms with E-state index in [4.69, 9.17) is 5.73 Å². The Bertz CT molecular complexity index is 446. The summed E-state index contributed by atoms with van der Waals surface area (Å²) in [6.07, 6.45) is -3.75. The third-order valence-electron chi connectivity index (χ3n) is 2.36. The highest BCUT2D eigenvalue weighted by atomic mass is 19.4. The summed E-state index contributed by atoms with van der Waals surface area (Å²) in [5, 5.41) is 5.03. The Kier molecular flexibility index (Phi) is 5.02. The van der Waals surface area contributed by atoms with Gasteiger partial charge in [-0.3, -0.25) is 4.79 Å². The third-order valence-corrected chi connectivity index (χ3v) is 2.36. The van der Waals surface area contributed by atoms with Crippen molar-refractivity contribution in [2.24, 2.45) is 0 Å². The summed E-state index contributed by atoms with van der Waals surface area (Å²) in [7, 11) is 0. The molecule has 106 valence electrons. The van der Waals surface area contributed by atoms with Crippen LogP contribution in [0.4, 0.5) is 24.5 Å². The van der Waals surface area contributed by atoms with Crippen molar-refractivity contribution in [2.45, 2.75) is 19.5 Å². The predicted octanol–water partition coefficient (Wildman–Crippen LogP) is 2.23. The molecule has 1 aromatic rings. The fourth-order valence-corrected chi connectivity index (χ4v) is 1.45. The number of anilines is 2. The SMILES string of the molecule is CCCNC(=O)CNc1ccc(N)cc1C(F)(F)F. The Balaban J connectivity index is 2.76. The maximum atomic E-state index is 12.8. The van der Waals surface area contributed by atoms with Crippen molar-refractivity contribution in [3.05, 3.63) is 23.8 Å². The van der Waals surface area contributed by atoms with Crippen molar-refractivity contribution in [1.82, 2.24) is 5.32 Å². The molecule has 1 rings (SSSR count). The van der Waals surface area contributed by atoms with Crippen molar-refractivity contribution < 1.29 is 18.0 Å². The zero-order chi connectivity index (χ0) is 14.5. The lowest BCUT2D eigenvalue weighted by molar-refractivity contribution is -0.137. The molecule has 0 aliphatic rings. The molecule has 0 bridgehead atoms. The minimum Gasteiger partial charge on any atom is -0.399 e. The van der Waals surface area contributed by atoms with Gasteiger partial charge in [-0.25, -0.2) is 0 Å². The van der Waals surface area contributed by atoms with Gasteiger partial charge in [0.15, 0.2) is 0 Å². The van der Waals surface area contributed by atoms with Crippen LogP contribution >= 0.6 is 0 Å². The largest absolute Gasteiger partial charge is 0.418 e. The number of hydrogen-bond acceptors (Lipinski definition) is 3. The van der Waals surface area contributed by atoms with Crippen molar-refractivity contribution >= 4 is 17.3 Å². The second kappa shape index (κ2) is 6.31. The molecule has 4 nitrogen and oxygen atoms in total. The Labute approximate surface area is 109 Å². The molecule has 0 heterocycles. The van der Waals surface area contributed by atoms with Crippen LogP contribution in [-0.4, -0.2) is 19.0 Å². The molecule has 0 spiro atoms. The Hall–Kier alpha value is -1.92. The van der Waals surface area contributed by atoms with Crippen molar-refractivity contribution in [1.29, 1.82) is 0 Å². The molecule has 1 aromatic carbocycles. The molecule has 0 aliphatic carbocycles. The summed E-state index contributed by atoms with van der Waals surface area (Å²) in [5.74, 6) is -0.355. The van der Waals surface area contributed by atoms with Crippen LogP contribution in [-0.2, 0) is 11.0 Å². The Morgan fingerprint density at radius 2 is 2.05 bits per heavy atom. The first-order valence-electron chi connectivity index (χ1n) is 5.82. The molecule has 0 saturated heterocycles. The van der Waals surface area contributed by atoms with E-state index in [1.165, 1.54) is 12.1 Å². The maximum absolute atomic E-state index is 12.8. The fraction of sp³-hybridized carbons (Fsp3) is 0.417. The number of nitrogens with two attached hydrogens (primary N) is 1. The number of alkyl halides is 3. The third kappa shape index (κ3) is 4.69. The number of nitrogens with one attached hydrogen (secondary N) is 2. The average molecular weight is 275 g/mol. The number of rotatable bonds is 5. The zero-order valence-electron chi connectivity index (χ0n) is 10.5. The standard InChI is InChI=1S/C12H16F3N3O/c1-2-5-17-11(19)7-18-10-4-3-8(16)6-9(10)12(13,14)15/h3-4,6,18H,2,5,7,16H2,1H3,(H,17,19). The topological polar surface area (TPSA) is 67.2 Å². The molecule has 19 heavy (non-hydrogen) atoms. The number of carbonyl (C=O) groups is 1. The van der Waals surface area contributed by atoms with E-state index in [1.54, 1.807) is 0 Å². The lowest BCUT2D eigenvalue weighted by Crippen LogP contribution is -2.30. The highest BCUT2D eigenvalue weighted by Crippen LogP contribution is 2.35. The van der Waals surface area contributed by atoms with Crippen LogP contribution in [0.25, 0.3) is 0 Å². The van der Waals surface area contributed by atoms with Gasteiger partial charge in [-0.15, -0.1) is 0 Å². The predicted molar refractivity (Wildman–Crippen MR) is 67.6 cm³/mol. The van der Waals surface area contributed by atoms with Crippen LogP contribution in [0.1, 0.15) is 18.9 Å². The molecule has 1 amide bonds. The van der Waals surface area contributed by atoms with Gasteiger partial charge in [0.1, 0.15) is 0 Å². The lowest BCUT2D eigenvalue weighted by Gasteiger charge is -2.15. The number of benzene rings is 1. The highest BCUT2D eigenvalue weighted by Gasteiger charge is 2.33. The van der Waals surface area contributed by atoms with E-state index in [0.29, 0.717) is 6.54 Å². The highest BCUT2D eigenvalue weighted by molar-refractivity contribution is 5.81. The number of nitrogen functional groups attached to an aromatic ring is 1. The van der Waals surface area contributed by atoms with Crippen molar-refractivity contribution in [3.63, 3.8) is 0 Å². The summed E-state index contributed by atoms with van der Waals surface area (Å²) in [6.45, 7) is 2.16. The Morgan fingerprint density at radius 1 is 1.37 bits per heavy atom. The van der Waals surface area contributed by atoms with Crippen molar-refractivity contribution in [3.8, 4) is 0 Å². The van der Waals surface area contributed by atoms with Gasteiger partial charge in [-0.2, -0.15) is 13.2 Å². The summed E-state index contributed by atoms with van der Waals surface area (Å²) in [4.78, 5) is 11.3. The fourth-order valence-electron chi connectivity index (χ4n) is 1.45. The Morgan fingerprint density at radius 3 is 2.63 bits per heavy atom. The normalized spacial score (nSPS) is 11.2. The van der Waals surface area contributed by atoms with Gasteiger partial charge in [0.25, 0.3) is 0 Å². The molecule has 0 saturated carbocycles. The molecular weight excluding hydrogens is 259 g/mol. The molecule has 0 atom stereocenters. The van der Waals surface area contributed by atoms with E-state index in [0.717, 1.165) is 12.5 Å². The number of amides is 1. The second-order valence-corrected chi connectivity index (χ2v) is 4.01. The maximum Gasteiger partial charge on any atom is 0.418 e. The minimum atomic E-state index is -4.52. The van der Waals surface area contributed by atoms with Crippen LogP contribution in [0.5, 0.6) is 0 Å². The summed E-state index contributed by atoms with van der Waals surface area (Å²) < 4.78 is 38.3. The van der Waals surface area contributed by atoms with Gasteiger partial charge < -0.3 is 16.4 Å². The quantitative estimate of drug-likeness (QED) is 0.722. The number of carbonyl (C=O) groups excluding carboxylic acids is 1. The average Bonchev–Trinajstić information content (AvgIpc) is 2.33. The van der Waals surface area contributed by atoms with Crippen molar-refractivity contribution in [2.75, 3.05) is 24.1 Å². The molecule has 0 fully saturated rings. The van der Waals surface area contributed by atoms with Gasteiger partial charge in [-0.1, -0.05) is 6.92 Å². The number of hydrogen-bond donors (Lipinski definition) is 3. The zero-order valence-corrected chi connectivity index (χ0v) is 10.5. The van der Waals surface area contributed by atoms with Crippen LogP contribution < -0.4 is 16.4 Å². The first kappa shape index (κ1) is 15.1. The molecular formula is C12H16F3N3O. The molecule has 0 aromatic heterocycles. The molecule has 4 N–H and O–H groups in total. The molecule has 7 heteroatoms. The van der Waals surface area contributed by atoms with Crippen LogP contribution in [0, 0.1) is 0 Å². The molecule has 0 aliphatic heterocycles. The van der Waals surface area contributed by atoms with E-state index >= 15 is 0 Å². The van der Waals surface area contributed by atoms with Gasteiger partial charge in [0.05, 0.1) is 12.1 Å². The molecule has 0 radical (unpaired) electrons. The smallest absolute Gasteiger partial charge is 0.399 e. The van der Waals surface area contributed by atoms with Gasteiger partial charge in [0, 0.05) is 17.9 Å². The summed E-state index contributed by atoms with van der Waals surface area (Å²) in [5.41, 5.74) is 4.32. The minimum absolute atomic E-state index is 0.0216. The summed E-state index contributed by atoms with van der Waals surface area (Å²) in [6, 6.07) is 3.40. The summed E-state index contributed by atoms with van der Waals surface area (Å²) >= 11 is 0. The number of halogens is 3. The van der Waals surface area contributed by atoms with Gasteiger partial charge in [0.2, 0.25) is 5.91 Å². The van der Waals surface area contributed by atoms with E-state index in [2.05, 4.69) is 10.6 Å². The van der Waals surface area contributed by atoms with Crippen LogP contribution in [0.2, 0.25) is 0 Å². The van der Waals surface area contributed by atoms with E-state index in [-0.39, 0.29) is 23.8 Å². The first-order valence-corrected chi connectivity index (χ1v) is 5.82. The van der Waals surface area contributed by atoms with Gasteiger partial charge >= 0.3 is 6.18 Å². The molecule has 0 unspecified atom stereocenters.